The van der Waals surface area contributed by atoms with Crippen LogP contribution in [0.1, 0.15) is 18.4 Å². The SMILES string of the molecule is CN(Cc1cccc(Br)c1)C(=O)N1CCC[C@H]1C(=O)O. The number of nitrogens with zero attached hydrogens (tertiary/aromatic N) is 2. The molecule has 1 atom stereocenters. The van der Waals surface area contributed by atoms with Crippen molar-refractivity contribution in [3.05, 3.63) is 34.3 Å². The second kappa shape index (κ2) is 6.26. The summed E-state index contributed by atoms with van der Waals surface area (Å²) < 4.78 is 0.959. The number of aliphatic carboxylic acids is 1. The molecule has 1 saturated heterocycles. The Balaban J connectivity index is 2.03. The molecule has 1 aliphatic rings. The van der Waals surface area contributed by atoms with Crippen LogP contribution < -0.4 is 0 Å². The van der Waals surface area contributed by atoms with E-state index in [4.69, 9.17) is 5.11 Å². The fraction of sp³-hybridized carbons (Fsp3) is 0.429. The number of likely N-dealkylation sites (tertiary alicyclic amines) is 1. The van der Waals surface area contributed by atoms with Crippen molar-refractivity contribution in [3.8, 4) is 0 Å². The number of carboxylic acids is 1. The monoisotopic (exact) mass is 340 g/mol. The minimum absolute atomic E-state index is 0.227. The number of halogens is 1. The maximum Gasteiger partial charge on any atom is 0.326 e. The van der Waals surface area contributed by atoms with Gasteiger partial charge in [0.15, 0.2) is 0 Å². The standard InChI is InChI=1S/C14H17BrN2O3/c1-16(9-10-4-2-5-11(15)8-10)14(20)17-7-3-6-12(17)13(18)19/h2,4-5,8,12H,3,6-7,9H2,1H3,(H,18,19)/t12-/m0/s1. The largest absolute Gasteiger partial charge is 0.480 e. The second-order valence-electron chi connectivity index (χ2n) is 4.96. The maximum absolute atomic E-state index is 12.3. The Morgan fingerprint density at radius 3 is 2.90 bits per heavy atom. The number of carboxylic acid groups (broad SMARTS) is 1. The molecule has 108 valence electrons. The molecule has 1 N–H and O–H groups in total. The highest BCUT2D eigenvalue weighted by Crippen LogP contribution is 2.20. The molecule has 0 radical (unpaired) electrons. The maximum atomic E-state index is 12.3. The zero-order valence-electron chi connectivity index (χ0n) is 11.3. The average molecular weight is 341 g/mol. The number of benzene rings is 1. The van der Waals surface area contributed by atoms with Crippen LogP contribution in [0, 0.1) is 0 Å². The minimum Gasteiger partial charge on any atom is -0.480 e. The number of urea groups is 1. The smallest absolute Gasteiger partial charge is 0.326 e. The van der Waals surface area contributed by atoms with E-state index in [0.29, 0.717) is 19.5 Å². The molecule has 1 heterocycles. The third-order valence-corrected chi connectivity index (χ3v) is 3.91. The summed E-state index contributed by atoms with van der Waals surface area (Å²) in [6.07, 6.45) is 1.28. The number of carbonyl (C=O) groups is 2. The van der Waals surface area contributed by atoms with E-state index in [9.17, 15) is 9.59 Å². The Hall–Kier alpha value is -1.56. The summed E-state index contributed by atoms with van der Waals surface area (Å²) in [6, 6.07) is 6.80. The van der Waals surface area contributed by atoms with Gasteiger partial charge in [-0.25, -0.2) is 9.59 Å². The highest BCUT2D eigenvalue weighted by Gasteiger charge is 2.35. The molecule has 0 spiro atoms. The fourth-order valence-electron chi connectivity index (χ4n) is 2.45. The van der Waals surface area contributed by atoms with Gasteiger partial charge in [-0.2, -0.15) is 0 Å². The van der Waals surface area contributed by atoms with Crippen LogP contribution in [0.4, 0.5) is 4.79 Å². The van der Waals surface area contributed by atoms with Crippen molar-refractivity contribution in [2.75, 3.05) is 13.6 Å². The van der Waals surface area contributed by atoms with Gasteiger partial charge in [-0.3, -0.25) is 0 Å². The Kier molecular flexibility index (Phi) is 4.65. The lowest BCUT2D eigenvalue weighted by atomic mass is 10.2. The summed E-state index contributed by atoms with van der Waals surface area (Å²) in [4.78, 5) is 26.5. The Morgan fingerprint density at radius 1 is 1.50 bits per heavy atom. The first-order valence-electron chi connectivity index (χ1n) is 6.48. The molecule has 0 unspecified atom stereocenters. The molecule has 5 nitrogen and oxygen atoms in total. The van der Waals surface area contributed by atoms with Crippen molar-refractivity contribution >= 4 is 27.9 Å². The van der Waals surface area contributed by atoms with E-state index in [1.54, 1.807) is 11.9 Å². The Bertz CT molecular complexity index is 521. The van der Waals surface area contributed by atoms with Gasteiger partial charge in [-0.05, 0) is 30.5 Å². The summed E-state index contributed by atoms with van der Waals surface area (Å²) in [5, 5.41) is 9.12. The van der Waals surface area contributed by atoms with Crippen molar-refractivity contribution in [2.24, 2.45) is 0 Å². The molecule has 2 rings (SSSR count). The lowest BCUT2D eigenvalue weighted by molar-refractivity contribution is -0.141. The molecule has 0 aromatic heterocycles. The van der Waals surface area contributed by atoms with Crippen molar-refractivity contribution in [1.29, 1.82) is 0 Å². The molecule has 20 heavy (non-hydrogen) atoms. The van der Waals surface area contributed by atoms with E-state index >= 15 is 0 Å². The van der Waals surface area contributed by atoms with Gasteiger partial charge in [-0.15, -0.1) is 0 Å². The summed E-state index contributed by atoms with van der Waals surface area (Å²) in [5.41, 5.74) is 1.00. The van der Waals surface area contributed by atoms with Gasteiger partial charge in [0.2, 0.25) is 0 Å². The van der Waals surface area contributed by atoms with Crippen molar-refractivity contribution in [3.63, 3.8) is 0 Å². The van der Waals surface area contributed by atoms with Gasteiger partial charge in [-0.1, -0.05) is 28.1 Å². The average Bonchev–Trinajstić information content (AvgIpc) is 2.87. The van der Waals surface area contributed by atoms with Crippen molar-refractivity contribution < 1.29 is 14.7 Å². The molecule has 2 amide bonds. The first-order chi connectivity index (χ1) is 9.49. The molecule has 1 fully saturated rings. The van der Waals surface area contributed by atoms with Crippen LogP contribution in [-0.4, -0.2) is 46.5 Å². The normalized spacial score (nSPS) is 18.1. The molecule has 0 saturated carbocycles. The highest BCUT2D eigenvalue weighted by molar-refractivity contribution is 9.10. The van der Waals surface area contributed by atoms with Gasteiger partial charge in [0.05, 0.1) is 0 Å². The molecule has 1 aromatic rings. The van der Waals surface area contributed by atoms with Crippen LogP contribution in [0.2, 0.25) is 0 Å². The van der Waals surface area contributed by atoms with E-state index in [1.807, 2.05) is 24.3 Å². The van der Waals surface area contributed by atoms with Gasteiger partial charge in [0, 0.05) is 24.6 Å². The van der Waals surface area contributed by atoms with E-state index in [0.717, 1.165) is 16.5 Å². The van der Waals surface area contributed by atoms with Crippen LogP contribution in [0.15, 0.2) is 28.7 Å². The first kappa shape index (κ1) is 14.8. The predicted octanol–water partition coefficient (Wildman–Crippen LogP) is 2.55. The molecule has 6 heteroatoms. The number of carbonyl (C=O) groups excluding carboxylic acids is 1. The second-order valence-corrected chi connectivity index (χ2v) is 5.87. The molecule has 0 bridgehead atoms. The van der Waals surface area contributed by atoms with E-state index < -0.39 is 12.0 Å². The van der Waals surface area contributed by atoms with Crippen LogP contribution in [-0.2, 0) is 11.3 Å². The third kappa shape index (κ3) is 3.30. The zero-order valence-corrected chi connectivity index (χ0v) is 12.8. The third-order valence-electron chi connectivity index (χ3n) is 3.42. The van der Waals surface area contributed by atoms with Gasteiger partial charge >= 0.3 is 12.0 Å². The van der Waals surface area contributed by atoms with Gasteiger partial charge in [0.25, 0.3) is 0 Å². The molecular formula is C14H17BrN2O3. The quantitative estimate of drug-likeness (QED) is 0.919. The first-order valence-corrected chi connectivity index (χ1v) is 7.27. The van der Waals surface area contributed by atoms with Crippen molar-refractivity contribution in [1.82, 2.24) is 9.80 Å². The lowest BCUT2D eigenvalue weighted by Crippen LogP contribution is -2.46. The lowest BCUT2D eigenvalue weighted by Gasteiger charge is -2.27. The van der Waals surface area contributed by atoms with Crippen LogP contribution in [0.25, 0.3) is 0 Å². The van der Waals surface area contributed by atoms with Crippen LogP contribution in [0.3, 0.4) is 0 Å². The number of hydrogen-bond donors (Lipinski definition) is 1. The molecule has 1 aromatic carbocycles. The summed E-state index contributed by atoms with van der Waals surface area (Å²) in [5.74, 6) is -0.924. The van der Waals surface area contributed by atoms with E-state index in [-0.39, 0.29) is 6.03 Å². The highest BCUT2D eigenvalue weighted by atomic mass is 79.9. The number of amides is 2. The molecule has 1 aliphatic heterocycles. The summed E-state index contributed by atoms with van der Waals surface area (Å²) in [7, 11) is 1.69. The minimum atomic E-state index is -0.924. The predicted molar refractivity (Wildman–Crippen MR) is 78.4 cm³/mol. The van der Waals surface area contributed by atoms with E-state index in [2.05, 4.69) is 15.9 Å². The Labute approximate surface area is 126 Å². The topological polar surface area (TPSA) is 60.9 Å². The summed E-state index contributed by atoms with van der Waals surface area (Å²) in [6.45, 7) is 0.972. The fourth-order valence-corrected chi connectivity index (χ4v) is 2.90. The van der Waals surface area contributed by atoms with Gasteiger partial charge < -0.3 is 14.9 Å². The summed E-state index contributed by atoms with van der Waals surface area (Å²) >= 11 is 3.39. The molecule has 0 aliphatic carbocycles. The Morgan fingerprint density at radius 2 is 2.25 bits per heavy atom. The number of rotatable bonds is 3. The number of hydrogen-bond acceptors (Lipinski definition) is 2. The van der Waals surface area contributed by atoms with Gasteiger partial charge in [0.1, 0.15) is 6.04 Å². The van der Waals surface area contributed by atoms with Crippen LogP contribution in [0.5, 0.6) is 0 Å². The van der Waals surface area contributed by atoms with E-state index in [1.165, 1.54) is 4.90 Å². The van der Waals surface area contributed by atoms with Crippen LogP contribution >= 0.6 is 15.9 Å². The zero-order chi connectivity index (χ0) is 14.7. The molecular weight excluding hydrogens is 324 g/mol. The van der Waals surface area contributed by atoms with Crippen molar-refractivity contribution in [2.45, 2.75) is 25.4 Å².